The maximum atomic E-state index is 11.3. The van der Waals surface area contributed by atoms with Crippen LogP contribution >= 0.6 is 24.0 Å². The van der Waals surface area contributed by atoms with E-state index in [4.69, 9.17) is 0 Å². The van der Waals surface area contributed by atoms with Gasteiger partial charge in [0.05, 0.1) is 5.75 Å². The fourth-order valence-corrected chi connectivity index (χ4v) is 3.43. The molecule has 0 unspecified atom stereocenters. The van der Waals surface area contributed by atoms with Crippen LogP contribution < -0.4 is 10.6 Å². The van der Waals surface area contributed by atoms with Crippen LogP contribution in [0.5, 0.6) is 0 Å². The number of rotatable bonds is 6. The molecular weight excluding hydrogens is 413 g/mol. The molecule has 0 bridgehead atoms. The number of halogens is 1. The largest absolute Gasteiger partial charge is 0.356 e. The number of nitrogens with one attached hydrogen (secondary N) is 2. The minimum atomic E-state index is -2.90. The van der Waals surface area contributed by atoms with E-state index in [-0.39, 0.29) is 35.1 Å². The molecule has 1 saturated carbocycles. The maximum absolute atomic E-state index is 11.3. The molecular formula is C15H32IN3O2S. The second kappa shape index (κ2) is 9.95. The second-order valence-corrected chi connectivity index (χ2v) is 9.21. The van der Waals surface area contributed by atoms with Crippen molar-refractivity contribution in [1.29, 1.82) is 0 Å². The van der Waals surface area contributed by atoms with E-state index in [0.29, 0.717) is 12.5 Å². The molecule has 0 radical (unpaired) electrons. The molecule has 1 fully saturated rings. The Kier molecular flexibility index (Phi) is 9.93. The summed E-state index contributed by atoms with van der Waals surface area (Å²) in [6, 6.07) is 0.518. The van der Waals surface area contributed by atoms with E-state index < -0.39 is 9.84 Å². The van der Waals surface area contributed by atoms with E-state index in [1.807, 2.05) is 0 Å². The quantitative estimate of drug-likeness (QED) is 0.375. The molecule has 1 rings (SSSR count). The Hall–Kier alpha value is -0.0500. The lowest BCUT2D eigenvalue weighted by molar-refractivity contribution is 0.345. The molecule has 0 saturated heterocycles. The summed E-state index contributed by atoms with van der Waals surface area (Å²) in [5.74, 6) is 1.06. The Morgan fingerprint density at radius 1 is 1.23 bits per heavy atom. The van der Waals surface area contributed by atoms with Crippen molar-refractivity contribution in [1.82, 2.24) is 10.6 Å². The average Bonchev–Trinajstić information content (AvgIpc) is 2.42. The van der Waals surface area contributed by atoms with Gasteiger partial charge in [-0.3, -0.25) is 4.99 Å². The van der Waals surface area contributed by atoms with E-state index in [0.717, 1.165) is 12.5 Å². The summed E-state index contributed by atoms with van der Waals surface area (Å²) in [4.78, 5) is 4.27. The number of hydrogen-bond donors (Lipinski definition) is 2. The summed E-state index contributed by atoms with van der Waals surface area (Å²) < 4.78 is 22.6. The van der Waals surface area contributed by atoms with Crippen LogP contribution in [0, 0.1) is 5.41 Å². The van der Waals surface area contributed by atoms with E-state index in [9.17, 15) is 8.42 Å². The number of aliphatic imine (C=N–C) groups is 1. The predicted octanol–water partition coefficient (Wildman–Crippen LogP) is 2.56. The smallest absolute Gasteiger partial charge is 0.191 e. The van der Waals surface area contributed by atoms with Crippen LogP contribution in [0.25, 0.3) is 0 Å². The van der Waals surface area contributed by atoms with Gasteiger partial charge < -0.3 is 10.6 Å². The molecule has 22 heavy (non-hydrogen) atoms. The van der Waals surface area contributed by atoms with Crippen LogP contribution in [0.4, 0.5) is 0 Å². The number of hydrogen-bond acceptors (Lipinski definition) is 3. The lowest BCUT2D eigenvalue weighted by Gasteiger charge is -2.28. The minimum absolute atomic E-state index is 0. The van der Waals surface area contributed by atoms with Gasteiger partial charge in [-0.2, -0.15) is 0 Å². The predicted molar refractivity (Wildman–Crippen MR) is 105 cm³/mol. The first kappa shape index (κ1) is 21.9. The third kappa shape index (κ3) is 9.86. The summed E-state index contributed by atoms with van der Waals surface area (Å²) in [5.41, 5.74) is -0.0761. The standard InChI is InChI=1S/C15H31N3O2S.HI/c1-15(2,10-11-21(4,19)20)12-17-14(16-3)18-13-8-6-5-7-9-13;/h13H,5-12H2,1-4H3,(H2,16,17,18);1H. The van der Waals surface area contributed by atoms with Crippen LogP contribution in [-0.4, -0.2) is 46.0 Å². The molecule has 0 amide bonds. The summed E-state index contributed by atoms with van der Waals surface area (Å²) in [7, 11) is -1.12. The highest BCUT2D eigenvalue weighted by Gasteiger charge is 2.21. The first-order chi connectivity index (χ1) is 9.72. The topological polar surface area (TPSA) is 70.6 Å². The van der Waals surface area contributed by atoms with E-state index in [1.165, 1.54) is 38.4 Å². The Morgan fingerprint density at radius 2 is 1.82 bits per heavy atom. The molecule has 0 spiro atoms. The molecule has 2 N–H and O–H groups in total. The van der Waals surface area contributed by atoms with Crippen molar-refractivity contribution in [2.24, 2.45) is 10.4 Å². The van der Waals surface area contributed by atoms with Crippen molar-refractivity contribution in [3.8, 4) is 0 Å². The normalized spacial score (nSPS) is 17.7. The molecule has 132 valence electrons. The highest BCUT2D eigenvalue weighted by Crippen LogP contribution is 2.20. The van der Waals surface area contributed by atoms with Crippen LogP contribution in [0.1, 0.15) is 52.4 Å². The Balaban J connectivity index is 0.00000441. The molecule has 1 aliphatic carbocycles. The van der Waals surface area contributed by atoms with Crippen LogP contribution in [0.3, 0.4) is 0 Å². The van der Waals surface area contributed by atoms with Crippen molar-refractivity contribution in [2.75, 3.05) is 25.6 Å². The second-order valence-electron chi connectivity index (χ2n) is 6.95. The van der Waals surface area contributed by atoms with Gasteiger partial charge in [-0.25, -0.2) is 8.42 Å². The maximum Gasteiger partial charge on any atom is 0.191 e. The van der Waals surface area contributed by atoms with Gasteiger partial charge in [-0.1, -0.05) is 33.1 Å². The van der Waals surface area contributed by atoms with E-state index >= 15 is 0 Å². The van der Waals surface area contributed by atoms with Crippen LogP contribution in [0.2, 0.25) is 0 Å². The Bertz CT molecular complexity index is 444. The Morgan fingerprint density at radius 3 is 2.32 bits per heavy atom. The van der Waals surface area contributed by atoms with Gasteiger partial charge in [-0.15, -0.1) is 24.0 Å². The zero-order chi connectivity index (χ0) is 15.9. The third-order valence-corrected chi connectivity index (χ3v) is 5.00. The molecule has 1 aliphatic rings. The Labute approximate surface area is 153 Å². The van der Waals surface area contributed by atoms with Gasteiger partial charge in [0.25, 0.3) is 0 Å². The van der Waals surface area contributed by atoms with Gasteiger partial charge >= 0.3 is 0 Å². The van der Waals surface area contributed by atoms with Crippen molar-refractivity contribution in [2.45, 2.75) is 58.4 Å². The first-order valence-corrected chi connectivity index (χ1v) is 9.93. The van der Waals surface area contributed by atoms with Crippen molar-refractivity contribution in [3.63, 3.8) is 0 Å². The van der Waals surface area contributed by atoms with Crippen molar-refractivity contribution < 1.29 is 8.42 Å². The number of nitrogens with zero attached hydrogens (tertiary/aromatic N) is 1. The molecule has 0 atom stereocenters. The highest BCUT2D eigenvalue weighted by molar-refractivity contribution is 14.0. The third-order valence-electron chi connectivity index (χ3n) is 4.05. The lowest BCUT2D eigenvalue weighted by Crippen LogP contribution is -2.47. The van der Waals surface area contributed by atoms with Gasteiger partial charge in [0.2, 0.25) is 0 Å². The van der Waals surface area contributed by atoms with Crippen molar-refractivity contribution >= 4 is 39.8 Å². The van der Waals surface area contributed by atoms with E-state index in [2.05, 4.69) is 29.5 Å². The minimum Gasteiger partial charge on any atom is -0.356 e. The summed E-state index contributed by atoms with van der Waals surface area (Å²) in [6.07, 6.45) is 8.27. The number of sulfone groups is 1. The molecule has 7 heteroatoms. The molecule has 5 nitrogen and oxygen atoms in total. The van der Waals surface area contributed by atoms with Gasteiger partial charge in [0.15, 0.2) is 5.96 Å². The zero-order valence-corrected chi connectivity index (χ0v) is 17.5. The average molecular weight is 445 g/mol. The molecule has 0 aliphatic heterocycles. The zero-order valence-electron chi connectivity index (χ0n) is 14.3. The molecule has 0 aromatic rings. The summed E-state index contributed by atoms with van der Waals surface area (Å²) in [5, 5.41) is 6.81. The first-order valence-electron chi connectivity index (χ1n) is 7.87. The summed E-state index contributed by atoms with van der Waals surface area (Å²) >= 11 is 0. The van der Waals surface area contributed by atoms with E-state index in [1.54, 1.807) is 7.05 Å². The molecule has 0 aromatic heterocycles. The van der Waals surface area contributed by atoms with Gasteiger partial charge in [0.1, 0.15) is 9.84 Å². The van der Waals surface area contributed by atoms with Gasteiger partial charge in [0, 0.05) is 25.9 Å². The van der Waals surface area contributed by atoms with Crippen molar-refractivity contribution in [3.05, 3.63) is 0 Å². The van der Waals surface area contributed by atoms with Crippen LogP contribution in [-0.2, 0) is 9.84 Å². The van der Waals surface area contributed by atoms with Crippen LogP contribution in [0.15, 0.2) is 4.99 Å². The van der Waals surface area contributed by atoms with Gasteiger partial charge in [-0.05, 0) is 24.7 Å². The lowest BCUT2D eigenvalue weighted by atomic mass is 9.90. The fraction of sp³-hybridized carbons (Fsp3) is 0.933. The summed E-state index contributed by atoms with van der Waals surface area (Å²) in [6.45, 7) is 4.88. The number of guanidine groups is 1. The molecule has 0 heterocycles. The fourth-order valence-electron chi connectivity index (χ4n) is 2.51. The highest BCUT2D eigenvalue weighted by atomic mass is 127. The monoisotopic (exact) mass is 445 g/mol. The SMILES string of the molecule is CN=C(NCC(C)(C)CCS(C)(=O)=O)NC1CCCCC1.I. The molecule has 0 aromatic carbocycles.